The molecule has 0 aromatic heterocycles. The molecule has 4 rings (SSSR count). The Balaban J connectivity index is 1.29. The van der Waals surface area contributed by atoms with E-state index in [1.165, 1.54) is 18.5 Å². The van der Waals surface area contributed by atoms with Gasteiger partial charge in [0.1, 0.15) is 0 Å². The van der Waals surface area contributed by atoms with Gasteiger partial charge in [0.2, 0.25) is 5.91 Å². The highest BCUT2D eigenvalue weighted by molar-refractivity contribution is 5.79. The Morgan fingerprint density at radius 1 is 0.968 bits per heavy atom. The number of carbonyl (C=O) groups excluding carboxylic acids is 2. The molecule has 1 aromatic carbocycles. The van der Waals surface area contributed by atoms with Crippen molar-refractivity contribution in [3.8, 4) is 0 Å². The number of para-hydroxylation sites is 1. The lowest BCUT2D eigenvalue weighted by atomic mass is 9.80. The molecule has 0 unspecified atom stereocenters. The van der Waals surface area contributed by atoms with Crippen molar-refractivity contribution in [3.63, 3.8) is 0 Å². The summed E-state index contributed by atoms with van der Waals surface area (Å²) in [4.78, 5) is 30.3. The Hall–Kier alpha value is -2.08. The van der Waals surface area contributed by atoms with Crippen molar-refractivity contribution in [3.05, 3.63) is 30.3 Å². The molecule has 2 heterocycles. The highest BCUT2D eigenvalue weighted by atomic mass is 16.4. The zero-order valence-electron chi connectivity index (χ0n) is 18.6. The third-order valence-electron chi connectivity index (χ3n) is 7.80. The minimum atomic E-state index is -0.950. The van der Waals surface area contributed by atoms with Crippen LogP contribution in [-0.4, -0.2) is 62.6 Å². The Bertz CT molecular complexity index is 727. The standard InChI is InChI=1S/C25H37N3O3/c29-24(30)18-21-11-13-28(25(31)20-6-4-5-7-20)19-22(21)10-12-26-14-16-27(17-15-26)23-8-2-1-3-9-23/h1-3,8-9,20-22H,4-7,10-19H2,(H,29,30)/t21-,22-/m0/s1. The first-order valence-corrected chi connectivity index (χ1v) is 12.2. The van der Waals surface area contributed by atoms with Crippen molar-refractivity contribution < 1.29 is 19.6 Å². The first-order chi connectivity index (χ1) is 15.1. The van der Waals surface area contributed by atoms with Crippen LogP contribution in [0.4, 0.5) is 5.69 Å². The van der Waals surface area contributed by atoms with Crippen LogP contribution in [0.1, 0.15) is 44.9 Å². The Kier molecular flexibility index (Phi) is 7.49. The minimum absolute atomic E-state index is 0.132. The summed E-state index contributed by atoms with van der Waals surface area (Å²) in [5, 5.41) is 11.3. The zero-order valence-corrected chi connectivity index (χ0v) is 18.6. The molecule has 1 N–H and O–H groups in total. The topological polar surface area (TPSA) is 68.1 Å². The van der Waals surface area contributed by atoms with Gasteiger partial charge in [-0.05, 0) is 49.7 Å². The quantitative estimate of drug-likeness (QED) is 0.691. The Labute approximate surface area is 186 Å². The molecule has 3 fully saturated rings. The van der Waals surface area contributed by atoms with E-state index in [9.17, 15) is 14.7 Å². The first-order valence-electron chi connectivity index (χ1n) is 12.2. The number of carbonyl (C=O) groups is 2. The van der Waals surface area contributed by atoms with E-state index in [-0.39, 0.29) is 24.2 Å². The van der Waals surface area contributed by atoms with Crippen molar-refractivity contribution in [2.24, 2.45) is 17.8 Å². The maximum atomic E-state index is 12.9. The molecule has 6 nitrogen and oxygen atoms in total. The molecule has 2 atom stereocenters. The second-order valence-corrected chi connectivity index (χ2v) is 9.76. The number of carboxylic acids is 1. The van der Waals surface area contributed by atoms with Crippen LogP contribution in [0.5, 0.6) is 0 Å². The molecular formula is C25H37N3O3. The van der Waals surface area contributed by atoms with Crippen LogP contribution in [0.15, 0.2) is 30.3 Å². The summed E-state index contributed by atoms with van der Waals surface area (Å²) in [5.41, 5.74) is 1.30. The van der Waals surface area contributed by atoms with Gasteiger partial charge >= 0.3 is 0 Å². The average molecular weight is 428 g/mol. The number of piperidine rings is 1. The number of rotatable bonds is 7. The van der Waals surface area contributed by atoms with Crippen LogP contribution in [0.25, 0.3) is 0 Å². The predicted molar refractivity (Wildman–Crippen MR) is 119 cm³/mol. The van der Waals surface area contributed by atoms with E-state index in [0.717, 1.165) is 65.0 Å². The minimum Gasteiger partial charge on any atom is -0.550 e. The van der Waals surface area contributed by atoms with Crippen LogP contribution >= 0.6 is 0 Å². The average Bonchev–Trinajstić information content (AvgIpc) is 3.33. The third kappa shape index (κ3) is 5.79. The summed E-state index contributed by atoms with van der Waals surface area (Å²) in [6, 6.07) is 10.6. The fraction of sp³-hybridized carbons (Fsp3) is 0.680. The smallest absolute Gasteiger partial charge is 0.225 e. The van der Waals surface area contributed by atoms with E-state index in [2.05, 4.69) is 40.1 Å². The van der Waals surface area contributed by atoms with Gasteiger partial charge < -0.3 is 24.6 Å². The van der Waals surface area contributed by atoms with E-state index in [1.807, 2.05) is 0 Å². The number of benzene rings is 1. The number of quaternary nitrogens is 1. The molecule has 2 aliphatic heterocycles. The van der Waals surface area contributed by atoms with Gasteiger partial charge in [-0.2, -0.15) is 0 Å². The molecule has 2 saturated heterocycles. The zero-order chi connectivity index (χ0) is 21.6. The van der Waals surface area contributed by atoms with E-state index in [4.69, 9.17) is 0 Å². The van der Waals surface area contributed by atoms with Gasteiger partial charge in [-0.15, -0.1) is 0 Å². The second-order valence-electron chi connectivity index (χ2n) is 9.76. The van der Waals surface area contributed by atoms with Crippen LogP contribution in [0, 0.1) is 17.8 Å². The van der Waals surface area contributed by atoms with Crippen LogP contribution in [-0.2, 0) is 9.59 Å². The molecule has 0 bridgehead atoms. The molecule has 170 valence electrons. The molecule has 6 heteroatoms. The summed E-state index contributed by atoms with van der Waals surface area (Å²) in [6.45, 7) is 6.83. The lowest BCUT2D eigenvalue weighted by Crippen LogP contribution is -3.15. The maximum Gasteiger partial charge on any atom is 0.225 e. The van der Waals surface area contributed by atoms with Crippen molar-refractivity contribution in [2.45, 2.75) is 44.9 Å². The van der Waals surface area contributed by atoms with Crippen molar-refractivity contribution >= 4 is 17.6 Å². The number of anilines is 1. The second kappa shape index (κ2) is 10.5. The van der Waals surface area contributed by atoms with Gasteiger partial charge in [0, 0.05) is 37.1 Å². The summed E-state index contributed by atoms with van der Waals surface area (Å²) < 4.78 is 0. The van der Waals surface area contributed by atoms with E-state index in [0.29, 0.717) is 12.5 Å². The van der Waals surface area contributed by atoms with Crippen molar-refractivity contribution in [1.29, 1.82) is 0 Å². The maximum absolute atomic E-state index is 12.9. The lowest BCUT2D eigenvalue weighted by molar-refractivity contribution is -0.901. The summed E-state index contributed by atoms with van der Waals surface area (Å²) in [6.07, 6.45) is 6.31. The fourth-order valence-corrected chi connectivity index (χ4v) is 5.88. The van der Waals surface area contributed by atoms with E-state index in [1.54, 1.807) is 4.90 Å². The first kappa shape index (κ1) is 22.1. The highest BCUT2D eigenvalue weighted by Gasteiger charge is 2.35. The van der Waals surface area contributed by atoms with Gasteiger partial charge in [0.05, 0.1) is 32.7 Å². The number of hydrogen-bond acceptors (Lipinski definition) is 4. The third-order valence-corrected chi connectivity index (χ3v) is 7.80. The number of aliphatic carboxylic acids is 1. The number of piperazine rings is 1. The largest absolute Gasteiger partial charge is 0.550 e. The SMILES string of the molecule is O=C([O-])C[C@@H]1CCN(C(=O)C2CCCC2)C[C@@H]1CC[NH+]1CCN(c2ccccc2)CC1. The van der Waals surface area contributed by atoms with E-state index < -0.39 is 5.97 Å². The highest BCUT2D eigenvalue weighted by Crippen LogP contribution is 2.32. The van der Waals surface area contributed by atoms with Gasteiger partial charge in [0.15, 0.2) is 0 Å². The number of amides is 1. The molecule has 31 heavy (non-hydrogen) atoms. The Morgan fingerprint density at radius 3 is 2.35 bits per heavy atom. The van der Waals surface area contributed by atoms with Gasteiger partial charge in [0.25, 0.3) is 0 Å². The normalized spacial score (nSPS) is 25.7. The number of nitrogens with one attached hydrogen (secondary N) is 1. The summed E-state index contributed by atoms with van der Waals surface area (Å²) in [7, 11) is 0. The van der Waals surface area contributed by atoms with Crippen molar-refractivity contribution in [2.75, 3.05) is 50.7 Å². The number of carboxylic acid groups (broad SMARTS) is 1. The molecule has 0 radical (unpaired) electrons. The molecular weight excluding hydrogens is 390 g/mol. The summed E-state index contributed by atoms with van der Waals surface area (Å²) in [5.74, 6) is -0.0121. The monoisotopic (exact) mass is 427 g/mol. The molecule has 1 aromatic rings. The number of likely N-dealkylation sites (tertiary alicyclic amines) is 1. The van der Waals surface area contributed by atoms with Crippen molar-refractivity contribution in [1.82, 2.24) is 4.90 Å². The fourth-order valence-electron chi connectivity index (χ4n) is 5.88. The van der Waals surface area contributed by atoms with Gasteiger partial charge in [-0.3, -0.25) is 4.79 Å². The number of nitrogens with zero attached hydrogens (tertiary/aromatic N) is 2. The van der Waals surface area contributed by atoms with E-state index >= 15 is 0 Å². The molecule has 0 spiro atoms. The lowest BCUT2D eigenvalue weighted by Gasteiger charge is -2.41. The summed E-state index contributed by atoms with van der Waals surface area (Å²) >= 11 is 0. The molecule has 1 aliphatic carbocycles. The number of hydrogen-bond donors (Lipinski definition) is 1. The molecule has 1 saturated carbocycles. The van der Waals surface area contributed by atoms with Crippen LogP contribution < -0.4 is 14.9 Å². The van der Waals surface area contributed by atoms with Crippen LogP contribution in [0.2, 0.25) is 0 Å². The molecule has 3 aliphatic rings. The predicted octanol–water partition coefficient (Wildman–Crippen LogP) is 0.577. The van der Waals surface area contributed by atoms with Gasteiger partial charge in [-0.1, -0.05) is 31.0 Å². The van der Waals surface area contributed by atoms with Gasteiger partial charge in [-0.25, -0.2) is 0 Å². The molecule has 1 amide bonds. The Morgan fingerprint density at radius 2 is 1.68 bits per heavy atom. The van der Waals surface area contributed by atoms with Crippen LogP contribution in [0.3, 0.4) is 0 Å².